The predicted molar refractivity (Wildman–Crippen MR) is 94.5 cm³/mol. The molecule has 1 aromatic heterocycles. The molecule has 24 heavy (non-hydrogen) atoms. The number of amides is 1. The molecule has 1 aliphatic rings. The summed E-state index contributed by atoms with van der Waals surface area (Å²) in [5.41, 5.74) is 1.75. The van der Waals surface area contributed by atoms with Crippen molar-refractivity contribution in [1.29, 1.82) is 0 Å². The topological polar surface area (TPSA) is 54.5 Å². The molecule has 0 atom stereocenters. The number of benzene rings is 1. The lowest BCUT2D eigenvalue weighted by Gasteiger charge is -2.34. The normalized spacial score (nSPS) is 15.1. The van der Waals surface area contributed by atoms with Crippen LogP contribution < -0.4 is 15.0 Å². The van der Waals surface area contributed by atoms with E-state index in [1.165, 1.54) is 5.69 Å². The third-order valence-electron chi connectivity index (χ3n) is 4.25. The maximum absolute atomic E-state index is 12.5. The van der Waals surface area contributed by atoms with Gasteiger partial charge in [0.25, 0.3) is 5.91 Å². The van der Waals surface area contributed by atoms with E-state index >= 15 is 0 Å². The summed E-state index contributed by atoms with van der Waals surface area (Å²) < 4.78 is 5.44. The van der Waals surface area contributed by atoms with Crippen LogP contribution in [0.5, 0.6) is 5.88 Å². The maximum atomic E-state index is 12.5. The third kappa shape index (κ3) is 3.85. The molecule has 0 bridgehead atoms. The van der Waals surface area contributed by atoms with Crippen molar-refractivity contribution in [2.45, 2.75) is 25.8 Å². The summed E-state index contributed by atoms with van der Waals surface area (Å²) in [5.74, 6) is 0.295. The van der Waals surface area contributed by atoms with Gasteiger partial charge in [0.2, 0.25) is 5.88 Å². The fraction of sp³-hybridized carbons (Fsp3) is 0.368. The smallest absolute Gasteiger partial charge is 0.256 e. The summed E-state index contributed by atoms with van der Waals surface area (Å²) in [4.78, 5) is 19.0. The first-order valence-corrected chi connectivity index (χ1v) is 8.46. The maximum Gasteiger partial charge on any atom is 0.256 e. The first-order valence-electron chi connectivity index (χ1n) is 8.46. The summed E-state index contributed by atoms with van der Waals surface area (Å²) in [6.07, 6.45) is 3.51. The van der Waals surface area contributed by atoms with Crippen molar-refractivity contribution >= 4 is 11.6 Å². The molecule has 0 aliphatic carbocycles. The minimum absolute atomic E-state index is 0.107. The molecule has 1 N–H and O–H groups in total. The number of hydrogen-bond donors (Lipinski definition) is 1. The predicted octanol–water partition coefficient (Wildman–Crippen LogP) is 2.88. The van der Waals surface area contributed by atoms with Crippen LogP contribution in [0.2, 0.25) is 0 Å². The number of nitrogens with one attached hydrogen (secondary N) is 1. The Morgan fingerprint density at radius 3 is 2.67 bits per heavy atom. The summed E-state index contributed by atoms with van der Waals surface area (Å²) in [6, 6.07) is 14.1. The van der Waals surface area contributed by atoms with Gasteiger partial charge in [0.1, 0.15) is 5.56 Å². The lowest BCUT2D eigenvalue weighted by atomic mass is 10.0. The number of hydrogen-bond acceptors (Lipinski definition) is 4. The zero-order chi connectivity index (χ0) is 16.8. The van der Waals surface area contributed by atoms with Gasteiger partial charge in [-0.1, -0.05) is 18.2 Å². The van der Waals surface area contributed by atoms with Gasteiger partial charge in [0.15, 0.2) is 0 Å². The third-order valence-corrected chi connectivity index (χ3v) is 4.25. The van der Waals surface area contributed by atoms with Crippen molar-refractivity contribution < 1.29 is 9.53 Å². The Labute approximate surface area is 142 Å². The summed E-state index contributed by atoms with van der Waals surface area (Å²) in [6.45, 7) is 4.27. The molecule has 0 radical (unpaired) electrons. The van der Waals surface area contributed by atoms with E-state index < -0.39 is 0 Å². The number of carbonyl (C=O) groups excluding carboxylic acids is 1. The highest BCUT2D eigenvalue weighted by Gasteiger charge is 2.22. The number of pyridine rings is 1. The average molecular weight is 325 g/mol. The van der Waals surface area contributed by atoms with Crippen LogP contribution in [0, 0.1) is 0 Å². The molecular weight excluding hydrogens is 302 g/mol. The van der Waals surface area contributed by atoms with Gasteiger partial charge in [-0.05, 0) is 44.0 Å². The molecule has 126 valence electrons. The number of anilines is 1. The second-order valence-electron chi connectivity index (χ2n) is 5.86. The Morgan fingerprint density at radius 1 is 1.21 bits per heavy atom. The van der Waals surface area contributed by atoms with Gasteiger partial charge in [-0.15, -0.1) is 0 Å². The Balaban J connectivity index is 1.57. The molecule has 2 aromatic rings. The lowest BCUT2D eigenvalue weighted by Crippen LogP contribution is -2.44. The first kappa shape index (κ1) is 16.3. The summed E-state index contributed by atoms with van der Waals surface area (Å²) in [5, 5.41) is 3.12. The minimum Gasteiger partial charge on any atom is -0.477 e. The summed E-state index contributed by atoms with van der Waals surface area (Å²) in [7, 11) is 0. The van der Waals surface area contributed by atoms with E-state index in [4.69, 9.17) is 4.74 Å². The molecular formula is C19H23N3O2. The molecule has 1 aromatic carbocycles. The Morgan fingerprint density at radius 2 is 1.96 bits per heavy atom. The van der Waals surface area contributed by atoms with Gasteiger partial charge in [-0.2, -0.15) is 0 Å². The number of carbonyl (C=O) groups is 1. The number of aromatic nitrogens is 1. The van der Waals surface area contributed by atoms with Gasteiger partial charge < -0.3 is 15.0 Å². The van der Waals surface area contributed by atoms with Crippen molar-refractivity contribution in [1.82, 2.24) is 10.3 Å². The van der Waals surface area contributed by atoms with Crippen molar-refractivity contribution in [3.05, 3.63) is 54.2 Å². The second kappa shape index (κ2) is 7.81. The SMILES string of the molecule is CCOc1ncccc1C(=O)NC1CCN(c2ccccc2)CC1. The van der Waals surface area contributed by atoms with Crippen LogP contribution in [0.25, 0.3) is 0 Å². The minimum atomic E-state index is -0.107. The van der Waals surface area contributed by atoms with Crippen LogP contribution in [0.1, 0.15) is 30.1 Å². The van der Waals surface area contributed by atoms with Crippen molar-refractivity contribution in [3.63, 3.8) is 0 Å². The Hall–Kier alpha value is -2.56. The monoisotopic (exact) mass is 325 g/mol. The molecule has 1 aliphatic heterocycles. The number of rotatable bonds is 5. The molecule has 1 saturated heterocycles. The van der Waals surface area contributed by atoms with Gasteiger partial charge in [0.05, 0.1) is 6.61 Å². The van der Waals surface area contributed by atoms with Crippen LogP contribution in [0.15, 0.2) is 48.7 Å². The van der Waals surface area contributed by atoms with Crippen molar-refractivity contribution in [2.75, 3.05) is 24.6 Å². The van der Waals surface area contributed by atoms with Gasteiger partial charge >= 0.3 is 0 Å². The quantitative estimate of drug-likeness (QED) is 0.918. The van der Waals surface area contributed by atoms with E-state index in [0.717, 1.165) is 25.9 Å². The molecule has 5 nitrogen and oxygen atoms in total. The second-order valence-corrected chi connectivity index (χ2v) is 5.86. The molecule has 0 unspecified atom stereocenters. The standard InChI is InChI=1S/C19H23N3O2/c1-2-24-19-17(9-6-12-20-19)18(23)21-15-10-13-22(14-11-15)16-7-4-3-5-8-16/h3-9,12,15H,2,10-11,13-14H2,1H3,(H,21,23). The summed E-state index contributed by atoms with van der Waals surface area (Å²) >= 11 is 0. The molecule has 2 heterocycles. The molecule has 5 heteroatoms. The number of para-hydroxylation sites is 1. The van der Waals surface area contributed by atoms with Gasteiger partial charge in [0, 0.05) is 31.0 Å². The van der Waals surface area contributed by atoms with E-state index in [2.05, 4.69) is 39.5 Å². The van der Waals surface area contributed by atoms with Gasteiger partial charge in [-0.25, -0.2) is 4.98 Å². The molecule has 0 saturated carbocycles. The van der Waals surface area contributed by atoms with E-state index in [1.54, 1.807) is 18.3 Å². The van der Waals surface area contributed by atoms with Crippen molar-refractivity contribution in [3.8, 4) is 5.88 Å². The molecule has 3 rings (SSSR count). The van der Waals surface area contributed by atoms with Crippen molar-refractivity contribution in [2.24, 2.45) is 0 Å². The highest BCUT2D eigenvalue weighted by molar-refractivity contribution is 5.96. The van der Waals surface area contributed by atoms with Crippen LogP contribution in [0.3, 0.4) is 0 Å². The van der Waals surface area contributed by atoms with E-state index in [0.29, 0.717) is 18.1 Å². The van der Waals surface area contributed by atoms with Crippen LogP contribution in [-0.4, -0.2) is 36.6 Å². The Kier molecular flexibility index (Phi) is 5.31. The largest absolute Gasteiger partial charge is 0.477 e. The fourth-order valence-electron chi connectivity index (χ4n) is 3.00. The molecule has 1 fully saturated rings. The van der Waals surface area contributed by atoms with Crippen LogP contribution in [-0.2, 0) is 0 Å². The zero-order valence-corrected chi connectivity index (χ0v) is 13.9. The van der Waals surface area contributed by atoms with E-state index in [9.17, 15) is 4.79 Å². The van der Waals surface area contributed by atoms with E-state index in [1.807, 2.05) is 13.0 Å². The van der Waals surface area contributed by atoms with E-state index in [-0.39, 0.29) is 11.9 Å². The molecule has 0 spiro atoms. The fourth-order valence-corrected chi connectivity index (χ4v) is 3.00. The van der Waals surface area contributed by atoms with Crippen LogP contribution >= 0.6 is 0 Å². The lowest BCUT2D eigenvalue weighted by molar-refractivity contribution is 0.0926. The van der Waals surface area contributed by atoms with Gasteiger partial charge in [-0.3, -0.25) is 4.79 Å². The number of piperidine rings is 1. The number of nitrogens with zero attached hydrogens (tertiary/aromatic N) is 2. The highest BCUT2D eigenvalue weighted by Crippen LogP contribution is 2.20. The highest BCUT2D eigenvalue weighted by atomic mass is 16.5. The zero-order valence-electron chi connectivity index (χ0n) is 13.9. The average Bonchev–Trinajstić information content (AvgIpc) is 2.64. The molecule has 1 amide bonds. The Bertz CT molecular complexity index is 667. The van der Waals surface area contributed by atoms with Crippen LogP contribution in [0.4, 0.5) is 5.69 Å². The first-order chi connectivity index (χ1) is 11.8. The number of ether oxygens (including phenoxy) is 1.